The fourth-order valence-electron chi connectivity index (χ4n) is 0.147. The fourth-order valence-corrected chi connectivity index (χ4v) is 0.147. The van der Waals surface area contributed by atoms with E-state index in [0.29, 0.717) is 0 Å². The minimum atomic E-state index is -2.01. The van der Waals surface area contributed by atoms with Crippen LogP contribution >= 0.6 is 0 Å². The standard InChI is InChI=1S/C4H2O8/c5-1(6)3(9)11-12-4(10)2(7)8/h(H,5,6)(H,7,8). The van der Waals surface area contributed by atoms with E-state index in [1.54, 1.807) is 0 Å². The molecule has 0 aliphatic rings. The average Bonchev–Trinajstić information content (AvgIpc) is 1.98. The van der Waals surface area contributed by atoms with Gasteiger partial charge in [0.25, 0.3) is 0 Å². The number of hydrogen-bond donors (Lipinski definition) is 2. The summed E-state index contributed by atoms with van der Waals surface area (Å²) in [5.74, 6) is -7.78. The van der Waals surface area contributed by atoms with Gasteiger partial charge in [-0.1, -0.05) is 0 Å². The van der Waals surface area contributed by atoms with Crippen molar-refractivity contribution < 1.29 is 39.2 Å². The van der Waals surface area contributed by atoms with Crippen molar-refractivity contribution in [2.75, 3.05) is 0 Å². The van der Waals surface area contributed by atoms with Crippen LogP contribution in [0.15, 0.2) is 0 Å². The third-order valence-electron chi connectivity index (χ3n) is 0.542. The summed E-state index contributed by atoms with van der Waals surface area (Å²) in [6, 6.07) is 0. The molecular formula is C4H2O8. The molecule has 8 heteroatoms. The highest BCUT2D eigenvalue weighted by atomic mass is 17.2. The first-order valence-corrected chi connectivity index (χ1v) is 2.34. The minimum absolute atomic E-state index is 1.88. The lowest BCUT2D eigenvalue weighted by Crippen LogP contribution is -2.22. The summed E-state index contributed by atoms with van der Waals surface area (Å²) in [4.78, 5) is 45.8. The lowest BCUT2D eigenvalue weighted by atomic mass is 10.7. The first kappa shape index (κ1) is 9.88. The summed E-state index contributed by atoms with van der Waals surface area (Å²) >= 11 is 0. The Balaban J connectivity index is 3.85. The van der Waals surface area contributed by atoms with Gasteiger partial charge >= 0.3 is 23.9 Å². The number of carboxylic acids is 2. The number of carbonyl (C=O) groups excluding carboxylic acids is 2. The maximum atomic E-state index is 9.98. The summed E-state index contributed by atoms with van der Waals surface area (Å²) in [5.41, 5.74) is 0. The van der Waals surface area contributed by atoms with Crippen molar-refractivity contribution in [2.45, 2.75) is 0 Å². The zero-order chi connectivity index (χ0) is 9.72. The third-order valence-corrected chi connectivity index (χ3v) is 0.542. The molecule has 0 saturated heterocycles. The van der Waals surface area contributed by atoms with E-state index >= 15 is 0 Å². The molecule has 0 saturated carbocycles. The van der Waals surface area contributed by atoms with E-state index in [0.717, 1.165) is 0 Å². The summed E-state index contributed by atoms with van der Waals surface area (Å²) in [6.45, 7) is 0. The van der Waals surface area contributed by atoms with E-state index < -0.39 is 23.9 Å². The molecule has 12 heavy (non-hydrogen) atoms. The number of aliphatic carboxylic acids is 2. The monoisotopic (exact) mass is 178 g/mol. The second-order valence-electron chi connectivity index (χ2n) is 1.35. The molecule has 0 amide bonds. The minimum Gasteiger partial charge on any atom is -0.473 e. The highest BCUT2D eigenvalue weighted by Crippen LogP contribution is 1.83. The van der Waals surface area contributed by atoms with Gasteiger partial charge in [0.2, 0.25) is 0 Å². The van der Waals surface area contributed by atoms with Crippen LogP contribution in [-0.4, -0.2) is 34.1 Å². The van der Waals surface area contributed by atoms with Gasteiger partial charge in [0.15, 0.2) is 0 Å². The van der Waals surface area contributed by atoms with Crippen molar-refractivity contribution in [3.8, 4) is 0 Å². The van der Waals surface area contributed by atoms with Crippen LogP contribution < -0.4 is 0 Å². The van der Waals surface area contributed by atoms with Crippen LogP contribution in [0, 0.1) is 0 Å². The van der Waals surface area contributed by atoms with Crippen molar-refractivity contribution in [2.24, 2.45) is 0 Å². The molecule has 0 radical (unpaired) electrons. The molecule has 0 aliphatic heterocycles. The van der Waals surface area contributed by atoms with Gasteiger partial charge in [-0.3, -0.25) is 0 Å². The first-order valence-electron chi connectivity index (χ1n) is 2.34. The Kier molecular flexibility index (Phi) is 3.22. The maximum absolute atomic E-state index is 9.98. The van der Waals surface area contributed by atoms with Gasteiger partial charge in [-0.15, -0.1) is 0 Å². The van der Waals surface area contributed by atoms with Crippen LogP contribution in [0.5, 0.6) is 0 Å². The van der Waals surface area contributed by atoms with Crippen LogP contribution in [0.3, 0.4) is 0 Å². The molecule has 0 aliphatic carbocycles. The smallest absolute Gasteiger partial charge is 0.462 e. The highest BCUT2D eigenvalue weighted by Gasteiger charge is 2.21. The van der Waals surface area contributed by atoms with Gasteiger partial charge in [-0.05, 0) is 0 Å². The Morgan fingerprint density at radius 2 is 1.00 bits per heavy atom. The topological polar surface area (TPSA) is 127 Å². The van der Waals surface area contributed by atoms with Crippen LogP contribution in [0.25, 0.3) is 0 Å². The highest BCUT2D eigenvalue weighted by molar-refractivity contribution is 6.30. The van der Waals surface area contributed by atoms with Crippen molar-refractivity contribution in [3.63, 3.8) is 0 Å². The molecule has 0 aromatic rings. The molecule has 66 valence electrons. The Morgan fingerprint density at radius 1 is 0.750 bits per heavy atom. The summed E-state index contributed by atoms with van der Waals surface area (Å²) < 4.78 is 0. The van der Waals surface area contributed by atoms with Crippen LogP contribution in [-0.2, 0) is 29.0 Å². The molecule has 0 atom stereocenters. The van der Waals surface area contributed by atoms with Gasteiger partial charge in [-0.2, -0.15) is 0 Å². The molecule has 0 aromatic heterocycles. The zero-order valence-electron chi connectivity index (χ0n) is 5.34. The Labute approximate surface area is 64.2 Å². The van der Waals surface area contributed by atoms with Gasteiger partial charge in [0.1, 0.15) is 0 Å². The summed E-state index contributed by atoms with van der Waals surface area (Å²) in [5, 5.41) is 15.6. The molecule has 2 N–H and O–H groups in total. The third kappa shape index (κ3) is 3.15. The van der Waals surface area contributed by atoms with Crippen LogP contribution in [0.4, 0.5) is 0 Å². The second kappa shape index (κ2) is 3.91. The van der Waals surface area contributed by atoms with E-state index in [4.69, 9.17) is 10.2 Å². The maximum Gasteiger partial charge on any atom is 0.462 e. The molecule has 0 spiro atoms. The zero-order valence-corrected chi connectivity index (χ0v) is 5.34. The number of hydrogen-bond acceptors (Lipinski definition) is 6. The van der Waals surface area contributed by atoms with Crippen LogP contribution in [0.1, 0.15) is 0 Å². The van der Waals surface area contributed by atoms with E-state index in [9.17, 15) is 19.2 Å². The molecule has 0 heterocycles. The number of rotatable bonds is 0. The van der Waals surface area contributed by atoms with Gasteiger partial charge in [-0.25, -0.2) is 29.0 Å². The van der Waals surface area contributed by atoms with Gasteiger partial charge < -0.3 is 10.2 Å². The number of carbonyl (C=O) groups is 4. The molecule has 0 unspecified atom stereocenters. The van der Waals surface area contributed by atoms with E-state index in [1.807, 2.05) is 0 Å². The second-order valence-corrected chi connectivity index (χ2v) is 1.35. The fraction of sp³-hybridized carbons (Fsp3) is 0. The lowest BCUT2D eigenvalue weighted by molar-refractivity contribution is -0.258. The Bertz CT molecular complexity index is 213. The van der Waals surface area contributed by atoms with Crippen molar-refractivity contribution >= 4 is 23.9 Å². The largest absolute Gasteiger partial charge is 0.473 e. The normalized spacial score (nSPS) is 8.33. The number of carboxylic acid groups (broad SMARTS) is 2. The van der Waals surface area contributed by atoms with Crippen molar-refractivity contribution in [1.82, 2.24) is 0 Å². The Morgan fingerprint density at radius 3 is 1.17 bits per heavy atom. The molecule has 0 bridgehead atoms. The lowest BCUT2D eigenvalue weighted by Gasteiger charge is -1.95. The molecule has 8 nitrogen and oxygen atoms in total. The van der Waals surface area contributed by atoms with E-state index in [1.165, 1.54) is 0 Å². The van der Waals surface area contributed by atoms with Gasteiger partial charge in [0.05, 0.1) is 0 Å². The Hall–Kier alpha value is -2.12. The predicted molar refractivity (Wildman–Crippen MR) is 27.5 cm³/mol. The van der Waals surface area contributed by atoms with E-state index in [2.05, 4.69) is 9.78 Å². The molecule has 0 fully saturated rings. The molecular weight excluding hydrogens is 176 g/mol. The summed E-state index contributed by atoms with van der Waals surface area (Å²) in [7, 11) is 0. The first-order chi connectivity index (χ1) is 5.45. The van der Waals surface area contributed by atoms with Gasteiger partial charge in [0, 0.05) is 0 Å². The van der Waals surface area contributed by atoms with Crippen LogP contribution in [0.2, 0.25) is 0 Å². The SMILES string of the molecule is O=C(O)C(=O)OOC(=O)C(=O)O. The molecule has 0 aromatic carbocycles. The van der Waals surface area contributed by atoms with Crippen molar-refractivity contribution in [3.05, 3.63) is 0 Å². The summed E-state index contributed by atoms with van der Waals surface area (Å²) in [6.07, 6.45) is 0. The predicted octanol–water partition coefficient (Wildman–Crippen LogP) is -1.84. The van der Waals surface area contributed by atoms with Crippen molar-refractivity contribution in [1.29, 1.82) is 0 Å². The average molecular weight is 178 g/mol. The quantitative estimate of drug-likeness (QED) is 0.251. The van der Waals surface area contributed by atoms with E-state index in [-0.39, 0.29) is 0 Å². The molecule has 0 rings (SSSR count).